The number of aryl methyl sites for hydroxylation is 1. The van der Waals surface area contributed by atoms with E-state index in [0.29, 0.717) is 29.7 Å². The number of hydrogen-bond donors (Lipinski definition) is 2. The quantitative estimate of drug-likeness (QED) is 0.360. The highest BCUT2D eigenvalue weighted by Gasteiger charge is 2.42. The molecule has 1 aliphatic heterocycles. The summed E-state index contributed by atoms with van der Waals surface area (Å²) in [5, 5.41) is 6.35. The van der Waals surface area contributed by atoms with Crippen LogP contribution in [0.15, 0.2) is 87.4 Å². The number of benzene rings is 2. The van der Waals surface area contributed by atoms with Gasteiger partial charge in [-0.2, -0.15) is 0 Å². The van der Waals surface area contributed by atoms with Gasteiger partial charge in [-0.25, -0.2) is 4.39 Å². The SMILES string of the molecule is CSc1sc(C)cc1[C@H]1C(C(=O)Nc2ccc(F)cc2)=C(C)NC2=C1C(=O)C[C@@H](c1ccccc1)C2. The summed E-state index contributed by atoms with van der Waals surface area (Å²) in [4.78, 5) is 28.6. The van der Waals surface area contributed by atoms with Crippen LogP contribution in [-0.2, 0) is 9.59 Å². The van der Waals surface area contributed by atoms with E-state index in [1.807, 2.05) is 38.3 Å². The molecule has 5 rings (SSSR count). The van der Waals surface area contributed by atoms with Gasteiger partial charge in [-0.3, -0.25) is 9.59 Å². The molecule has 4 nitrogen and oxygen atoms in total. The Kier molecular flexibility index (Phi) is 6.86. The summed E-state index contributed by atoms with van der Waals surface area (Å²) in [7, 11) is 0. The molecule has 1 aromatic heterocycles. The molecule has 2 N–H and O–H groups in total. The minimum atomic E-state index is -0.460. The van der Waals surface area contributed by atoms with Gasteiger partial charge in [-0.05, 0) is 73.9 Å². The fourth-order valence-electron chi connectivity index (χ4n) is 5.22. The molecule has 0 unspecified atom stereocenters. The number of allylic oxidation sites excluding steroid dienone is 3. The molecule has 7 heteroatoms. The molecule has 3 aromatic rings. The molecule has 0 bridgehead atoms. The molecule has 0 radical (unpaired) electrons. The lowest BCUT2D eigenvalue weighted by Gasteiger charge is -2.37. The van der Waals surface area contributed by atoms with Crippen LogP contribution in [-0.4, -0.2) is 17.9 Å². The van der Waals surface area contributed by atoms with Gasteiger partial charge in [-0.1, -0.05) is 30.3 Å². The van der Waals surface area contributed by atoms with Crippen molar-refractivity contribution in [2.24, 2.45) is 0 Å². The van der Waals surface area contributed by atoms with Crippen molar-refractivity contribution in [3.05, 3.63) is 105 Å². The van der Waals surface area contributed by atoms with E-state index in [0.717, 1.165) is 31.6 Å². The van der Waals surface area contributed by atoms with Gasteiger partial charge in [0.2, 0.25) is 0 Å². The average molecular weight is 519 g/mol. The van der Waals surface area contributed by atoms with Gasteiger partial charge < -0.3 is 10.6 Å². The fraction of sp³-hybridized carbons (Fsp3) is 0.241. The number of thiophene rings is 1. The van der Waals surface area contributed by atoms with Crippen molar-refractivity contribution in [1.82, 2.24) is 5.32 Å². The van der Waals surface area contributed by atoms with Crippen molar-refractivity contribution in [1.29, 1.82) is 0 Å². The molecule has 2 aromatic carbocycles. The van der Waals surface area contributed by atoms with Gasteiger partial charge in [-0.15, -0.1) is 23.1 Å². The minimum absolute atomic E-state index is 0.0677. The third-order valence-corrected chi connectivity index (χ3v) is 9.01. The van der Waals surface area contributed by atoms with Crippen LogP contribution in [0, 0.1) is 12.7 Å². The van der Waals surface area contributed by atoms with Crippen LogP contribution in [0.2, 0.25) is 0 Å². The number of thioether (sulfide) groups is 1. The maximum Gasteiger partial charge on any atom is 0.254 e. The molecular formula is C29H27FN2O2S2. The number of carbonyl (C=O) groups is 2. The van der Waals surface area contributed by atoms with Crippen molar-refractivity contribution in [2.45, 2.75) is 42.7 Å². The Labute approximate surface area is 218 Å². The molecule has 0 fully saturated rings. The summed E-state index contributed by atoms with van der Waals surface area (Å²) < 4.78 is 14.5. The predicted molar refractivity (Wildman–Crippen MR) is 145 cm³/mol. The highest BCUT2D eigenvalue weighted by atomic mass is 32.2. The van der Waals surface area contributed by atoms with Crippen molar-refractivity contribution < 1.29 is 14.0 Å². The zero-order valence-electron chi connectivity index (χ0n) is 20.4. The molecule has 2 atom stereocenters. The number of halogens is 1. The maximum absolute atomic E-state index is 13.8. The summed E-state index contributed by atoms with van der Waals surface area (Å²) >= 11 is 3.32. The Morgan fingerprint density at radius 2 is 1.81 bits per heavy atom. The number of Topliss-reactive ketones (excluding diaryl/α,β-unsaturated/α-hetero) is 1. The normalized spacial score (nSPS) is 19.7. The standard InChI is InChI=1S/C29H27FN2O2S2/c1-16-13-22(29(35-3)36-16)26-25(28(34)32-21-11-9-20(30)10-12-21)17(2)31-23-14-19(15-24(33)27(23)26)18-7-5-4-6-8-18/h4-13,19,26,31H,14-15H2,1-3H3,(H,32,34)/t19-,26-/m0/s1. The zero-order valence-corrected chi connectivity index (χ0v) is 22.0. The van der Waals surface area contributed by atoms with Gasteiger partial charge in [0.15, 0.2) is 5.78 Å². The van der Waals surface area contributed by atoms with E-state index in [1.54, 1.807) is 23.1 Å². The van der Waals surface area contributed by atoms with Gasteiger partial charge in [0.25, 0.3) is 5.91 Å². The van der Waals surface area contributed by atoms with Crippen LogP contribution in [0.3, 0.4) is 0 Å². The number of hydrogen-bond acceptors (Lipinski definition) is 5. The van der Waals surface area contributed by atoms with Gasteiger partial charge in [0, 0.05) is 45.4 Å². The van der Waals surface area contributed by atoms with Crippen molar-refractivity contribution >= 4 is 40.5 Å². The van der Waals surface area contributed by atoms with Crippen molar-refractivity contribution in [3.63, 3.8) is 0 Å². The molecule has 1 amide bonds. The smallest absolute Gasteiger partial charge is 0.254 e. The first kappa shape index (κ1) is 24.5. The van der Waals surface area contributed by atoms with Gasteiger partial charge in [0.1, 0.15) is 5.82 Å². The first-order valence-electron chi connectivity index (χ1n) is 11.9. The van der Waals surface area contributed by atoms with E-state index in [2.05, 4.69) is 28.8 Å². The summed E-state index contributed by atoms with van der Waals surface area (Å²) in [6.07, 6.45) is 3.14. The third kappa shape index (κ3) is 4.65. The number of ketones is 1. The number of nitrogens with one attached hydrogen (secondary N) is 2. The van der Waals surface area contributed by atoms with Crippen LogP contribution < -0.4 is 10.6 Å². The second-order valence-corrected chi connectivity index (χ2v) is 11.5. The highest BCUT2D eigenvalue weighted by molar-refractivity contribution is 8.00. The lowest BCUT2D eigenvalue weighted by atomic mass is 9.72. The summed E-state index contributed by atoms with van der Waals surface area (Å²) in [6.45, 7) is 3.94. The van der Waals surface area contributed by atoms with Crippen molar-refractivity contribution in [3.8, 4) is 0 Å². The summed E-state index contributed by atoms with van der Waals surface area (Å²) in [5.74, 6) is -0.958. The molecule has 0 saturated heterocycles. The molecule has 184 valence electrons. The zero-order chi connectivity index (χ0) is 25.4. The Balaban J connectivity index is 1.58. The third-order valence-electron chi connectivity index (χ3n) is 6.79. The van der Waals surface area contributed by atoms with E-state index in [-0.39, 0.29) is 23.4 Å². The summed E-state index contributed by atoms with van der Waals surface area (Å²) in [6, 6.07) is 17.9. The highest BCUT2D eigenvalue weighted by Crippen LogP contribution is 2.49. The Hall–Kier alpha value is -3.16. The number of anilines is 1. The molecular weight excluding hydrogens is 491 g/mol. The second kappa shape index (κ2) is 10.1. The van der Waals surface area contributed by atoms with E-state index in [1.165, 1.54) is 24.3 Å². The van der Waals surface area contributed by atoms with E-state index in [9.17, 15) is 14.0 Å². The molecule has 1 aliphatic carbocycles. The van der Waals surface area contributed by atoms with Crippen LogP contribution >= 0.6 is 23.1 Å². The lowest BCUT2D eigenvalue weighted by Crippen LogP contribution is -2.37. The van der Waals surface area contributed by atoms with Crippen LogP contribution in [0.4, 0.5) is 10.1 Å². The number of amides is 1. The van der Waals surface area contributed by atoms with E-state index in [4.69, 9.17) is 0 Å². The average Bonchev–Trinajstić information content (AvgIpc) is 3.25. The van der Waals surface area contributed by atoms with Crippen LogP contribution in [0.1, 0.15) is 47.6 Å². The molecule has 2 heterocycles. The van der Waals surface area contributed by atoms with Crippen LogP contribution in [0.5, 0.6) is 0 Å². The Morgan fingerprint density at radius 1 is 1.08 bits per heavy atom. The Morgan fingerprint density at radius 3 is 2.50 bits per heavy atom. The number of carbonyl (C=O) groups excluding carboxylic acids is 2. The minimum Gasteiger partial charge on any atom is -0.362 e. The molecule has 2 aliphatic rings. The van der Waals surface area contributed by atoms with E-state index >= 15 is 0 Å². The van der Waals surface area contributed by atoms with Crippen molar-refractivity contribution in [2.75, 3.05) is 11.6 Å². The predicted octanol–water partition coefficient (Wildman–Crippen LogP) is 6.92. The monoisotopic (exact) mass is 518 g/mol. The molecule has 36 heavy (non-hydrogen) atoms. The first-order valence-corrected chi connectivity index (χ1v) is 13.9. The lowest BCUT2D eigenvalue weighted by molar-refractivity contribution is -0.116. The van der Waals surface area contributed by atoms with Gasteiger partial charge >= 0.3 is 0 Å². The Bertz CT molecular complexity index is 1390. The number of dihydropyridines is 1. The van der Waals surface area contributed by atoms with Crippen LogP contribution in [0.25, 0.3) is 0 Å². The maximum atomic E-state index is 13.8. The molecule has 0 saturated carbocycles. The first-order chi connectivity index (χ1) is 17.4. The largest absolute Gasteiger partial charge is 0.362 e. The second-order valence-electron chi connectivity index (χ2n) is 9.19. The topological polar surface area (TPSA) is 58.2 Å². The number of rotatable bonds is 5. The molecule has 0 spiro atoms. The van der Waals surface area contributed by atoms with E-state index < -0.39 is 5.92 Å². The van der Waals surface area contributed by atoms with Gasteiger partial charge in [0.05, 0.1) is 4.21 Å². The summed E-state index contributed by atoms with van der Waals surface area (Å²) in [5.41, 5.74) is 5.49. The fourth-order valence-corrected chi connectivity index (χ4v) is 7.13.